The van der Waals surface area contributed by atoms with E-state index in [0.29, 0.717) is 18.0 Å². The highest BCUT2D eigenvalue weighted by Crippen LogP contribution is 2.22. The highest BCUT2D eigenvalue weighted by Gasteiger charge is 2.23. The van der Waals surface area contributed by atoms with Crippen molar-refractivity contribution in [2.24, 2.45) is 0 Å². The van der Waals surface area contributed by atoms with E-state index >= 15 is 0 Å². The Morgan fingerprint density at radius 3 is 3.06 bits per heavy atom. The Bertz CT molecular complexity index is 424. The van der Waals surface area contributed by atoms with Crippen LogP contribution in [0.25, 0.3) is 0 Å². The molecule has 1 aliphatic heterocycles. The highest BCUT2D eigenvalue weighted by atomic mass is 16.7. The van der Waals surface area contributed by atoms with Crippen molar-refractivity contribution in [3.63, 3.8) is 0 Å². The van der Waals surface area contributed by atoms with Crippen molar-refractivity contribution >= 4 is 11.6 Å². The maximum atomic E-state index is 11.8. The van der Waals surface area contributed by atoms with Crippen molar-refractivity contribution in [2.75, 3.05) is 32.1 Å². The van der Waals surface area contributed by atoms with Crippen molar-refractivity contribution in [3.05, 3.63) is 24.3 Å². The van der Waals surface area contributed by atoms with Crippen LogP contribution in [0, 0.1) is 0 Å². The van der Waals surface area contributed by atoms with Gasteiger partial charge in [-0.3, -0.25) is 9.63 Å². The van der Waals surface area contributed by atoms with Crippen LogP contribution in [0.5, 0.6) is 5.75 Å². The molecular weight excluding hydrogens is 236 g/mol. The third kappa shape index (κ3) is 3.19. The lowest BCUT2D eigenvalue weighted by Crippen LogP contribution is -2.31. The molecule has 1 aliphatic rings. The maximum absolute atomic E-state index is 11.8. The van der Waals surface area contributed by atoms with Crippen LogP contribution in [0.4, 0.5) is 5.69 Å². The Morgan fingerprint density at radius 2 is 2.39 bits per heavy atom. The fraction of sp³-hybridized carbons (Fsp3) is 0.417. The molecule has 1 heterocycles. The molecule has 0 unspecified atom stereocenters. The second-order valence-electron chi connectivity index (χ2n) is 4.02. The van der Waals surface area contributed by atoms with Gasteiger partial charge in [-0.2, -0.15) is 5.06 Å². The Labute approximate surface area is 105 Å². The van der Waals surface area contributed by atoms with Crippen molar-refractivity contribution < 1.29 is 19.5 Å². The van der Waals surface area contributed by atoms with E-state index in [2.05, 4.69) is 5.32 Å². The molecule has 0 radical (unpaired) electrons. The Morgan fingerprint density at radius 1 is 1.61 bits per heavy atom. The molecule has 6 heteroatoms. The average Bonchev–Trinajstić information content (AvgIpc) is 2.75. The normalized spacial score (nSPS) is 19.8. The predicted molar refractivity (Wildman–Crippen MR) is 65.2 cm³/mol. The second kappa shape index (κ2) is 5.81. The van der Waals surface area contributed by atoms with E-state index in [1.807, 2.05) is 12.1 Å². The summed E-state index contributed by atoms with van der Waals surface area (Å²) >= 11 is 0. The number of hydroxylamine groups is 2. The third-order valence-electron chi connectivity index (χ3n) is 2.56. The summed E-state index contributed by atoms with van der Waals surface area (Å²) in [5, 5.41) is 13.4. The van der Waals surface area contributed by atoms with Crippen LogP contribution in [0.2, 0.25) is 0 Å². The molecule has 1 saturated heterocycles. The van der Waals surface area contributed by atoms with Gasteiger partial charge in [0.1, 0.15) is 12.3 Å². The SMILES string of the molecule is COc1ccccc1NC(=O)CN1C[C@H](O)CO1. The first kappa shape index (κ1) is 12.8. The minimum Gasteiger partial charge on any atom is -0.495 e. The lowest BCUT2D eigenvalue weighted by molar-refractivity contribution is -0.138. The number of carbonyl (C=O) groups excluding carboxylic acids is 1. The zero-order valence-electron chi connectivity index (χ0n) is 10.1. The summed E-state index contributed by atoms with van der Waals surface area (Å²) in [6.45, 7) is 0.663. The molecule has 0 spiro atoms. The summed E-state index contributed by atoms with van der Waals surface area (Å²) in [6.07, 6.45) is -0.524. The summed E-state index contributed by atoms with van der Waals surface area (Å²) in [4.78, 5) is 16.9. The summed E-state index contributed by atoms with van der Waals surface area (Å²) in [5.74, 6) is 0.391. The molecule has 1 fully saturated rings. The summed E-state index contributed by atoms with van der Waals surface area (Å²) in [5.41, 5.74) is 0.616. The van der Waals surface area contributed by atoms with Gasteiger partial charge < -0.3 is 15.2 Å². The smallest absolute Gasteiger partial charge is 0.241 e. The molecule has 2 N–H and O–H groups in total. The second-order valence-corrected chi connectivity index (χ2v) is 4.02. The molecule has 0 bridgehead atoms. The molecular formula is C12H16N2O4. The number of hydrogen-bond acceptors (Lipinski definition) is 5. The number of aliphatic hydroxyl groups excluding tert-OH is 1. The lowest BCUT2D eigenvalue weighted by atomic mass is 10.3. The van der Waals surface area contributed by atoms with Gasteiger partial charge in [0, 0.05) is 0 Å². The number of carbonyl (C=O) groups is 1. The molecule has 98 valence electrons. The van der Waals surface area contributed by atoms with Crippen LogP contribution in [0.1, 0.15) is 0 Å². The minimum absolute atomic E-state index is 0.0785. The molecule has 1 aromatic rings. The number of β-amino-alcohol motifs (C(OH)–C–C–N with tert-alkyl or cyclic N) is 1. The van der Waals surface area contributed by atoms with E-state index in [4.69, 9.17) is 9.57 Å². The fourth-order valence-electron chi connectivity index (χ4n) is 1.74. The molecule has 1 aromatic carbocycles. The molecule has 0 aliphatic carbocycles. The first-order valence-corrected chi connectivity index (χ1v) is 5.68. The maximum Gasteiger partial charge on any atom is 0.241 e. The van der Waals surface area contributed by atoms with Crippen LogP contribution in [0.15, 0.2) is 24.3 Å². The number of amides is 1. The van der Waals surface area contributed by atoms with Crippen LogP contribution >= 0.6 is 0 Å². The van der Waals surface area contributed by atoms with Gasteiger partial charge in [0.2, 0.25) is 5.91 Å². The molecule has 1 amide bonds. The van der Waals surface area contributed by atoms with Crippen molar-refractivity contribution in [1.82, 2.24) is 5.06 Å². The van der Waals surface area contributed by atoms with E-state index < -0.39 is 6.10 Å². The zero-order valence-corrected chi connectivity index (χ0v) is 10.1. The summed E-state index contributed by atoms with van der Waals surface area (Å²) < 4.78 is 5.13. The van der Waals surface area contributed by atoms with Crippen LogP contribution < -0.4 is 10.1 Å². The first-order valence-electron chi connectivity index (χ1n) is 5.68. The van der Waals surface area contributed by atoms with Gasteiger partial charge in [-0.1, -0.05) is 12.1 Å². The van der Waals surface area contributed by atoms with Crippen LogP contribution in [-0.4, -0.2) is 49.0 Å². The molecule has 1 atom stereocenters. The van der Waals surface area contributed by atoms with E-state index in [0.717, 1.165) is 0 Å². The van der Waals surface area contributed by atoms with Crippen LogP contribution in [0.3, 0.4) is 0 Å². The first-order chi connectivity index (χ1) is 8.69. The van der Waals surface area contributed by atoms with Gasteiger partial charge >= 0.3 is 0 Å². The molecule has 2 rings (SSSR count). The van der Waals surface area contributed by atoms with Crippen molar-refractivity contribution in [1.29, 1.82) is 0 Å². The minimum atomic E-state index is -0.524. The van der Waals surface area contributed by atoms with E-state index in [1.165, 1.54) is 5.06 Å². The third-order valence-corrected chi connectivity index (χ3v) is 2.56. The fourth-order valence-corrected chi connectivity index (χ4v) is 1.74. The van der Waals surface area contributed by atoms with Gasteiger partial charge in [0.25, 0.3) is 0 Å². The number of rotatable bonds is 4. The topological polar surface area (TPSA) is 71.0 Å². The average molecular weight is 252 g/mol. The van der Waals surface area contributed by atoms with Gasteiger partial charge in [0.15, 0.2) is 0 Å². The molecule has 0 saturated carbocycles. The van der Waals surface area contributed by atoms with Gasteiger partial charge in [-0.05, 0) is 12.1 Å². The number of benzene rings is 1. The predicted octanol–water partition coefficient (Wildman–Crippen LogP) is 0.242. The number of ether oxygens (including phenoxy) is 1. The largest absolute Gasteiger partial charge is 0.495 e. The van der Waals surface area contributed by atoms with Gasteiger partial charge in [-0.25, -0.2) is 0 Å². The lowest BCUT2D eigenvalue weighted by Gasteiger charge is -2.14. The Hall–Kier alpha value is -1.63. The number of nitrogens with one attached hydrogen (secondary N) is 1. The quantitative estimate of drug-likeness (QED) is 0.803. The summed E-state index contributed by atoms with van der Waals surface area (Å²) in [7, 11) is 1.55. The highest BCUT2D eigenvalue weighted by molar-refractivity contribution is 5.93. The standard InChI is InChI=1S/C12H16N2O4/c1-17-11-5-3-2-4-10(11)13-12(16)7-14-6-9(15)8-18-14/h2-5,9,15H,6-8H2,1H3,(H,13,16)/t9-/m0/s1. The van der Waals surface area contributed by atoms with E-state index in [1.54, 1.807) is 19.2 Å². The number of para-hydroxylation sites is 2. The van der Waals surface area contributed by atoms with Crippen molar-refractivity contribution in [3.8, 4) is 5.75 Å². The van der Waals surface area contributed by atoms with E-state index in [-0.39, 0.29) is 19.1 Å². The van der Waals surface area contributed by atoms with Gasteiger partial charge in [0.05, 0.1) is 32.1 Å². The van der Waals surface area contributed by atoms with Crippen LogP contribution in [-0.2, 0) is 9.63 Å². The molecule has 6 nitrogen and oxygen atoms in total. The summed E-state index contributed by atoms with van der Waals surface area (Å²) in [6, 6.07) is 7.17. The number of hydrogen-bond donors (Lipinski definition) is 2. The molecule has 0 aromatic heterocycles. The Balaban J connectivity index is 1.91. The Kier molecular flexibility index (Phi) is 4.14. The zero-order chi connectivity index (χ0) is 13.0. The van der Waals surface area contributed by atoms with Crippen molar-refractivity contribution in [2.45, 2.75) is 6.10 Å². The number of methoxy groups -OCH3 is 1. The van der Waals surface area contributed by atoms with E-state index in [9.17, 15) is 9.90 Å². The van der Waals surface area contributed by atoms with Gasteiger partial charge in [-0.15, -0.1) is 0 Å². The number of anilines is 1. The molecule has 18 heavy (non-hydrogen) atoms. The number of nitrogens with zero attached hydrogens (tertiary/aromatic N) is 1. The number of aliphatic hydroxyl groups is 1. The monoisotopic (exact) mass is 252 g/mol.